The SMILES string of the molecule is COc1ccc(CCCN2CCN(C)CC2)cc1CN1CCN(C)CC1. The first-order valence-electron chi connectivity index (χ1n) is 10.1. The van der Waals surface area contributed by atoms with Crippen molar-refractivity contribution in [2.24, 2.45) is 0 Å². The van der Waals surface area contributed by atoms with E-state index in [4.69, 9.17) is 4.74 Å². The Kier molecular flexibility index (Phi) is 7.32. The molecule has 0 amide bonds. The van der Waals surface area contributed by atoms with Crippen LogP contribution in [0, 0.1) is 0 Å². The maximum atomic E-state index is 5.62. The predicted octanol–water partition coefficient (Wildman–Crippen LogP) is 1.62. The number of piperazine rings is 2. The minimum atomic E-state index is 1.00. The molecule has 2 fully saturated rings. The first-order chi connectivity index (χ1) is 12.6. The fourth-order valence-electron chi connectivity index (χ4n) is 3.94. The summed E-state index contributed by atoms with van der Waals surface area (Å²) in [6.07, 6.45) is 2.40. The van der Waals surface area contributed by atoms with Crippen molar-refractivity contribution >= 4 is 0 Å². The maximum absolute atomic E-state index is 5.62. The number of methoxy groups -OCH3 is 1. The van der Waals surface area contributed by atoms with Crippen LogP contribution in [0.15, 0.2) is 18.2 Å². The molecule has 0 aliphatic carbocycles. The van der Waals surface area contributed by atoms with Gasteiger partial charge >= 0.3 is 0 Å². The average molecular weight is 361 g/mol. The molecule has 0 spiro atoms. The standard InChI is InChI=1S/C21H36N4O/c1-22-9-13-24(14-10-22)8-4-5-19-6-7-21(26-3)20(17-19)18-25-15-11-23(2)12-16-25/h6-7,17H,4-5,8-16,18H2,1-3H3. The molecule has 146 valence electrons. The van der Waals surface area contributed by atoms with Crippen LogP contribution in [0.3, 0.4) is 0 Å². The van der Waals surface area contributed by atoms with Gasteiger partial charge in [0.15, 0.2) is 0 Å². The Morgan fingerprint density at radius 1 is 0.846 bits per heavy atom. The van der Waals surface area contributed by atoms with E-state index >= 15 is 0 Å². The van der Waals surface area contributed by atoms with Crippen LogP contribution in [0.2, 0.25) is 0 Å². The molecule has 0 saturated carbocycles. The number of hydrogen-bond donors (Lipinski definition) is 0. The van der Waals surface area contributed by atoms with Crippen LogP contribution in [0.1, 0.15) is 17.5 Å². The summed E-state index contributed by atoms with van der Waals surface area (Å²) in [7, 11) is 6.21. The van der Waals surface area contributed by atoms with Crippen LogP contribution in [0.5, 0.6) is 5.75 Å². The Labute approximate surface area is 159 Å². The maximum Gasteiger partial charge on any atom is 0.123 e. The molecule has 2 saturated heterocycles. The van der Waals surface area contributed by atoms with E-state index in [9.17, 15) is 0 Å². The number of hydrogen-bond acceptors (Lipinski definition) is 5. The molecule has 5 heteroatoms. The number of nitrogens with zero attached hydrogens (tertiary/aromatic N) is 4. The van der Waals surface area contributed by atoms with Crippen molar-refractivity contribution in [1.29, 1.82) is 0 Å². The smallest absolute Gasteiger partial charge is 0.123 e. The van der Waals surface area contributed by atoms with E-state index in [1.807, 2.05) is 0 Å². The third-order valence-corrected chi connectivity index (χ3v) is 5.87. The molecular formula is C21H36N4O. The fraction of sp³-hybridized carbons (Fsp3) is 0.714. The Hall–Kier alpha value is -1.14. The lowest BCUT2D eigenvalue weighted by atomic mass is 10.0. The second-order valence-corrected chi connectivity index (χ2v) is 7.97. The molecule has 2 aliphatic heterocycles. The van der Waals surface area contributed by atoms with Crippen LogP contribution in [-0.2, 0) is 13.0 Å². The second-order valence-electron chi connectivity index (χ2n) is 7.97. The van der Waals surface area contributed by atoms with Crippen LogP contribution in [0.25, 0.3) is 0 Å². The zero-order valence-electron chi connectivity index (χ0n) is 16.9. The monoisotopic (exact) mass is 360 g/mol. The Morgan fingerprint density at radius 2 is 1.46 bits per heavy atom. The number of ether oxygens (including phenoxy) is 1. The van der Waals surface area contributed by atoms with E-state index in [0.717, 1.165) is 44.9 Å². The van der Waals surface area contributed by atoms with Crippen molar-refractivity contribution in [3.05, 3.63) is 29.3 Å². The lowest BCUT2D eigenvalue weighted by molar-refractivity contribution is 0.147. The summed E-state index contributed by atoms with van der Waals surface area (Å²) < 4.78 is 5.62. The minimum Gasteiger partial charge on any atom is -0.496 e. The molecule has 0 bridgehead atoms. The summed E-state index contributed by atoms with van der Waals surface area (Å²) in [5, 5.41) is 0. The lowest BCUT2D eigenvalue weighted by Crippen LogP contribution is -2.44. The van der Waals surface area contributed by atoms with Gasteiger partial charge in [-0.1, -0.05) is 12.1 Å². The van der Waals surface area contributed by atoms with E-state index in [1.54, 1.807) is 7.11 Å². The van der Waals surface area contributed by atoms with E-state index in [0.29, 0.717) is 0 Å². The highest BCUT2D eigenvalue weighted by atomic mass is 16.5. The van der Waals surface area contributed by atoms with Crippen molar-refractivity contribution in [3.8, 4) is 5.75 Å². The number of rotatable bonds is 7. The van der Waals surface area contributed by atoms with Gasteiger partial charge in [0.2, 0.25) is 0 Å². The van der Waals surface area contributed by atoms with E-state index in [2.05, 4.69) is 51.9 Å². The van der Waals surface area contributed by atoms with E-state index < -0.39 is 0 Å². The van der Waals surface area contributed by atoms with Gasteiger partial charge in [-0.05, 0) is 45.1 Å². The van der Waals surface area contributed by atoms with Crippen LogP contribution in [0.4, 0.5) is 0 Å². The van der Waals surface area contributed by atoms with Crippen molar-refractivity contribution in [2.45, 2.75) is 19.4 Å². The summed E-state index contributed by atoms with van der Waals surface area (Å²) in [5.74, 6) is 1.03. The molecule has 0 N–H and O–H groups in total. The topological polar surface area (TPSA) is 22.2 Å². The third-order valence-electron chi connectivity index (χ3n) is 5.87. The van der Waals surface area contributed by atoms with Crippen LogP contribution >= 0.6 is 0 Å². The zero-order valence-corrected chi connectivity index (χ0v) is 16.9. The minimum absolute atomic E-state index is 1.00. The third kappa shape index (κ3) is 5.68. The molecule has 0 atom stereocenters. The summed E-state index contributed by atoms with van der Waals surface area (Å²) in [5.41, 5.74) is 2.79. The quantitative estimate of drug-likeness (QED) is 0.735. The lowest BCUT2D eigenvalue weighted by Gasteiger charge is -2.33. The molecule has 2 aliphatic rings. The largest absolute Gasteiger partial charge is 0.496 e. The Balaban J connectivity index is 1.51. The highest BCUT2D eigenvalue weighted by molar-refractivity contribution is 5.37. The molecule has 0 unspecified atom stereocenters. The van der Waals surface area contributed by atoms with Gasteiger partial charge in [0.25, 0.3) is 0 Å². The van der Waals surface area contributed by atoms with E-state index in [-0.39, 0.29) is 0 Å². The molecule has 3 rings (SSSR count). The van der Waals surface area contributed by atoms with Gasteiger partial charge < -0.3 is 19.4 Å². The fourth-order valence-corrected chi connectivity index (χ4v) is 3.94. The second kappa shape index (κ2) is 9.70. The van der Waals surface area contributed by atoms with Crippen LogP contribution in [-0.4, -0.2) is 99.7 Å². The van der Waals surface area contributed by atoms with Gasteiger partial charge in [0.05, 0.1) is 7.11 Å². The number of benzene rings is 1. The molecule has 26 heavy (non-hydrogen) atoms. The number of aryl methyl sites for hydroxylation is 1. The highest BCUT2D eigenvalue weighted by Gasteiger charge is 2.16. The van der Waals surface area contributed by atoms with Crippen LogP contribution < -0.4 is 4.74 Å². The molecule has 0 radical (unpaired) electrons. The summed E-state index contributed by atoms with van der Waals surface area (Å²) in [6.45, 7) is 11.7. The molecule has 2 heterocycles. The van der Waals surface area contributed by atoms with Crippen molar-refractivity contribution < 1.29 is 4.74 Å². The first kappa shape index (κ1) is 19.6. The average Bonchev–Trinajstić information content (AvgIpc) is 2.65. The van der Waals surface area contributed by atoms with Gasteiger partial charge in [0, 0.05) is 64.5 Å². The highest BCUT2D eigenvalue weighted by Crippen LogP contribution is 2.23. The van der Waals surface area contributed by atoms with Gasteiger partial charge in [-0.2, -0.15) is 0 Å². The molecule has 1 aromatic rings. The van der Waals surface area contributed by atoms with Gasteiger partial charge in [-0.15, -0.1) is 0 Å². The Bertz CT molecular complexity index is 549. The molecule has 5 nitrogen and oxygen atoms in total. The molecule has 1 aromatic carbocycles. The summed E-state index contributed by atoms with van der Waals surface area (Å²) in [6, 6.07) is 6.79. The normalized spacial score (nSPS) is 21.2. The van der Waals surface area contributed by atoms with Gasteiger partial charge in [-0.3, -0.25) is 4.90 Å². The predicted molar refractivity (Wildman–Crippen MR) is 108 cm³/mol. The molecule has 0 aromatic heterocycles. The van der Waals surface area contributed by atoms with Crippen molar-refractivity contribution in [2.75, 3.05) is 80.1 Å². The first-order valence-corrected chi connectivity index (χ1v) is 10.1. The van der Waals surface area contributed by atoms with Crippen molar-refractivity contribution in [3.63, 3.8) is 0 Å². The summed E-state index contributed by atoms with van der Waals surface area (Å²) in [4.78, 5) is 9.98. The Morgan fingerprint density at radius 3 is 2.08 bits per heavy atom. The summed E-state index contributed by atoms with van der Waals surface area (Å²) >= 11 is 0. The zero-order chi connectivity index (χ0) is 18.4. The van der Waals surface area contributed by atoms with Gasteiger partial charge in [0.1, 0.15) is 5.75 Å². The van der Waals surface area contributed by atoms with Crippen molar-refractivity contribution in [1.82, 2.24) is 19.6 Å². The van der Waals surface area contributed by atoms with E-state index in [1.165, 1.54) is 50.3 Å². The molecular weight excluding hydrogens is 324 g/mol. The number of likely N-dealkylation sites (N-methyl/N-ethyl adjacent to an activating group) is 2. The van der Waals surface area contributed by atoms with Gasteiger partial charge in [-0.25, -0.2) is 0 Å².